The summed E-state index contributed by atoms with van der Waals surface area (Å²) in [6, 6.07) is 0. The average molecular weight is 545 g/mol. The van der Waals surface area contributed by atoms with Gasteiger partial charge in [0.1, 0.15) is 0 Å². The molecule has 0 aromatic carbocycles. The first-order valence-corrected chi connectivity index (χ1v) is 14.8. The molecule has 220 valence electrons. The van der Waals surface area contributed by atoms with Crippen molar-refractivity contribution in [3.63, 3.8) is 0 Å². The van der Waals surface area contributed by atoms with E-state index < -0.39 is 6.10 Å². The second kappa shape index (κ2) is 17.9. The van der Waals surface area contributed by atoms with Gasteiger partial charge in [0.05, 0.1) is 12.2 Å². The van der Waals surface area contributed by atoms with E-state index in [2.05, 4.69) is 111 Å². The lowest BCUT2D eigenvalue weighted by atomic mass is 9.71. The molecule has 0 radical (unpaired) electrons. The highest BCUT2D eigenvalue weighted by Gasteiger charge is 2.31. The van der Waals surface area contributed by atoms with Crippen LogP contribution in [0.5, 0.6) is 0 Å². The van der Waals surface area contributed by atoms with Crippen LogP contribution in [-0.2, 0) is 0 Å². The highest BCUT2D eigenvalue weighted by molar-refractivity contribution is 5.37. The Morgan fingerprint density at radius 3 is 2.20 bits per heavy atom. The van der Waals surface area contributed by atoms with Crippen molar-refractivity contribution in [1.29, 1.82) is 0 Å². The van der Waals surface area contributed by atoms with Crippen LogP contribution in [0, 0.1) is 11.3 Å². The summed E-state index contributed by atoms with van der Waals surface area (Å²) in [7, 11) is 0. The van der Waals surface area contributed by atoms with Crippen LogP contribution in [0.3, 0.4) is 0 Å². The highest BCUT2D eigenvalue weighted by atomic mass is 16.3. The van der Waals surface area contributed by atoms with Crippen molar-refractivity contribution in [1.82, 2.24) is 0 Å². The van der Waals surface area contributed by atoms with E-state index in [1.54, 1.807) is 0 Å². The highest BCUT2D eigenvalue weighted by Crippen LogP contribution is 2.41. The first kappa shape index (κ1) is 35.3. The molecule has 0 spiro atoms. The Bertz CT molecular complexity index is 1120. The summed E-state index contributed by atoms with van der Waals surface area (Å²) in [6.07, 6.45) is 30.1. The van der Waals surface area contributed by atoms with E-state index in [4.69, 9.17) is 0 Å². The molecule has 2 heteroatoms. The Hall–Kier alpha value is -2.68. The molecule has 0 saturated heterocycles. The van der Waals surface area contributed by atoms with Gasteiger partial charge in [-0.3, -0.25) is 0 Å². The van der Waals surface area contributed by atoms with Crippen LogP contribution >= 0.6 is 0 Å². The molecule has 0 heterocycles. The fraction of sp³-hybridized carbons (Fsp3) is 0.474. The molecule has 0 fully saturated rings. The molecule has 0 amide bonds. The van der Waals surface area contributed by atoms with Crippen LogP contribution in [0.15, 0.2) is 118 Å². The minimum atomic E-state index is -0.545. The maximum atomic E-state index is 10.6. The standard InChI is InChI=1S/C38H56O2/c1-28(2)15-11-16-29(3)17-12-19-31(5)25-32(6)20-14-22-37(40)33(7)21-13-18-30(4)23-24-36-34(8)26-35(39)27-38(36,9)10/h12-15,17-25,33,35,37,39-40H,11,16,26-27H2,1-10H3/b19-12+,21-13+,22-14+,24-23+,29-17-,30-18-,31-25-,32-20-. The van der Waals surface area contributed by atoms with Crippen molar-refractivity contribution in [3.05, 3.63) is 118 Å². The predicted molar refractivity (Wildman–Crippen MR) is 177 cm³/mol. The van der Waals surface area contributed by atoms with E-state index in [1.165, 1.54) is 27.9 Å². The fourth-order valence-electron chi connectivity index (χ4n) is 4.93. The van der Waals surface area contributed by atoms with Gasteiger partial charge in [-0.2, -0.15) is 0 Å². The molecular formula is C38H56O2. The summed E-state index contributed by atoms with van der Waals surface area (Å²) in [4.78, 5) is 0. The van der Waals surface area contributed by atoms with E-state index in [0.29, 0.717) is 0 Å². The summed E-state index contributed by atoms with van der Waals surface area (Å²) in [5.74, 6) is 0.00803. The third-order valence-corrected chi connectivity index (χ3v) is 7.26. The molecule has 3 atom stereocenters. The molecule has 3 unspecified atom stereocenters. The summed E-state index contributed by atoms with van der Waals surface area (Å²) in [5, 5.41) is 20.7. The zero-order valence-electron chi connectivity index (χ0n) is 27.0. The normalized spacial score (nSPS) is 21.4. The number of allylic oxidation sites excluding steroid dienone is 17. The molecule has 0 saturated carbocycles. The Kier molecular flexibility index (Phi) is 15.8. The summed E-state index contributed by atoms with van der Waals surface area (Å²) in [5.41, 5.74) is 8.83. The smallest absolute Gasteiger partial charge is 0.0783 e. The molecule has 0 bridgehead atoms. The van der Waals surface area contributed by atoms with Gasteiger partial charge in [-0.1, -0.05) is 133 Å². The summed E-state index contributed by atoms with van der Waals surface area (Å²) >= 11 is 0. The molecule has 2 nitrogen and oxygen atoms in total. The maximum absolute atomic E-state index is 10.6. The van der Waals surface area contributed by atoms with Gasteiger partial charge in [0.25, 0.3) is 0 Å². The number of hydrogen-bond acceptors (Lipinski definition) is 2. The Morgan fingerprint density at radius 1 is 0.900 bits per heavy atom. The summed E-state index contributed by atoms with van der Waals surface area (Å²) in [6.45, 7) is 21.3. The van der Waals surface area contributed by atoms with Crippen LogP contribution in [0.4, 0.5) is 0 Å². The topological polar surface area (TPSA) is 40.5 Å². The van der Waals surface area contributed by atoms with E-state index in [9.17, 15) is 10.2 Å². The number of hydrogen-bond donors (Lipinski definition) is 2. The van der Waals surface area contributed by atoms with Crippen molar-refractivity contribution < 1.29 is 10.2 Å². The minimum absolute atomic E-state index is 0.00803. The monoisotopic (exact) mass is 544 g/mol. The van der Waals surface area contributed by atoms with Gasteiger partial charge in [-0.25, -0.2) is 0 Å². The second-order valence-electron chi connectivity index (χ2n) is 12.5. The third-order valence-electron chi connectivity index (χ3n) is 7.26. The SMILES string of the molecule is CC(C)=CCC\C(C)=C/C=C/C(C)=C\C(C)=C/C=C/C(O)C(C)/C=C/C=C(C)\C=C\C1=C(C)CC(O)CC1(C)C. The van der Waals surface area contributed by atoms with Gasteiger partial charge in [-0.05, 0) is 85.1 Å². The summed E-state index contributed by atoms with van der Waals surface area (Å²) < 4.78 is 0. The van der Waals surface area contributed by atoms with Crippen molar-refractivity contribution >= 4 is 0 Å². The van der Waals surface area contributed by atoms with Crippen LogP contribution in [-0.4, -0.2) is 22.4 Å². The largest absolute Gasteiger partial charge is 0.393 e. The Balaban J connectivity index is 2.65. The zero-order chi connectivity index (χ0) is 30.3. The average Bonchev–Trinajstić information content (AvgIpc) is 2.82. The molecule has 1 aliphatic rings. The molecule has 1 aliphatic carbocycles. The first-order valence-electron chi connectivity index (χ1n) is 14.8. The number of aliphatic hydroxyl groups is 2. The van der Waals surface area contributed by atoms with E-state index >= 15 is 0 Å². The lowest BCUT2D eigenvalue weighted by molar-refractivity contribution is 0.116. The van der Waals surface area contributed by atoms with Crippen LogP contribution in [0.1, 0.15) is 94.9 Å². The Labute approximate surface area is 246 Å². The first-order chi connectivity index (χ1) is 18.7. The lowest BCUT2D eigenvalue weighted by Gasteiger charge is -2.35. The van der Waals surface area contributed by atoms with Gasteiger partial charge < -0.3 is 10.2 Å². The molecule has 0 aromatic heterocycles. The van der Waals surface area contributed by atoms with Gasteiger partial charge in [0.2, 0.25) is 0 Å². The lowest BCUT2D eigenvalue weighted by Crippen LogP contribution is -2.28. The van der Waals surface area contributed by atoms with E-state index in [1.807, 2.05) is 37.3 Å². The third kappa shape index (κ3) is 14.6. The molecule has 0 aliphatic heterocycles. The molecule has 0 aromatic rings. The van der Waals surface area contributed by atoms with Crippen molar-refractivity contribution in [2.24, 2.45) is 11.3 Å². The fourth-order valence-corrected chi connectivity index (χ4v) is 4.93. The van der Waals surface area contributed by atoms with Crippen LogP contribution in [0.25, 0.3) is 0 Å². The Morgan fingerprint density at radius 2 is 1.55 bits per heavy atom. The van der Waals surface area contributed by atoms with Crippen molar-refractivity contribution in [3.8, 4) is 0 Å². The maximum Gasteiger partial charge on any atom is 0.0783 e. The molecule has 2 N–H and O–H groups in total. The predicted octanol–water partition coefficient (Wildman–Crippen LogP) is 10.2. The van der Waals surface area contributed by atoms with Crippen molar-refractivity contribution in [2.45, 2.75) is 107 Å². The van der Waals surface area contributed by atoms with Gasteiger partial charge in [0.15, 0.2) is 0 Å². The van der Waals surface area contributed by atoms with E-state index in [-0.39, 0.29) is 17.4 Å². The van der Waals surface area contributed by atoms with Crippen LogP contribution < -0.4 is 0 Å². The van der Waals surface area contributed by atoms with Gasteiger partial charge in [0, 0.05) is 5.92 Å². The number of rotatable bonds is 13. The number of aliphatic hydroxyl groups excluding tert-OH is 2. The van der Waals surface area contributed by atoms with Gasteiger partial charge in [-0.15, -0.1) is 0 Å². The minimum Gasteiger partial charge on any atom is -0.393 e. The second-order valence-corrected chi connectivity index (χ2v) is 12.5. The molecular weight excluding hydrogens is 488 g/mol. The quantitative estimate of drug-likeness (QED) is 0.179. The van der Waals surface area contributed by atoms with Gasteiger partial charge >= 0.3 is 0 Å². The molecule has 1 rings (SSSR count). The van der Waals surface area contributed by atoms with Crippen LogP contribution in [0.2, 0.25) is 0 Å². The molecule has 40 heavy (non-hydrogen) atoms. The van der Waals surface area contributed by atoms with E-state index in [0.717, 1.165) is 36.8 Å². The van der Waals surface area contributed by atoms with Crippen molar-refractivity contribution in [2.75, 3.05) is 0 Å². The zero-order valence-corrected chi connectivity index (χ0v) is 27.0.